The molecule has 3 fully saturated rings. The number of hydrogen-bond acceptors (Lipinski definition) is 5. The highest BCUT2D eigenvalue weighted by atomic mass is 79.9. The Morgan fingerprint density at radius 3 is 2.68 bits per heavy atom. The van der Waals surface area contributed by atoms with E-state index in [1.807, 2.05) is 19.1 Å². The van der Waals surface area contributed by atoms with E-state index in [-0.39, 0.29) is 24.1 Å². The maximum atomic E-state index is 12.8. The molecule has 2 heterocycles. The van der Waals surface area contributed by atoms with Gasteiger partial charge in [-0.3, -0.25) is 14.6 Å². The van der Waals surface area contributed by atoms with Crippen molar-refractivity contribution in [3.63, 3.8) is 0 Å². The minimum absolute atomic E-state index is 0.134. The Morgan fingerprint density at radius 2 is 2.03 bits per heavy atom. The Labute approximate surface area is 191 Å². The van der Waals surface area contributed by atoms with E-state index in [1.165, 1.54) is 11.1 Å². The zero-order valence-corrected chi connectivity index (χ0v) is 20.0. The van der Waals surface area contributed by atoms with Gasteiger partial charge in [0.15, 0.2) is 0 Å². The maximum Gasteiger partial charge on any atom is 0.283 e. The molecule has 2 N–H and O–H groups in total. The minimum atomic E-state index is -0.314. The molecule has 2 bridgehead atoms. The summed E-state index contributed by atoms with van der Waals surface area (Å²) in [6.07, 6.45) is 7.42. The van der Waals surface area contributed by atoms with Gasteiger partial charge in [0.05, 0.1) is 17.9 Å². The van der Waals surface area contributed by atoms with Crippen molar-refractivity contribution in [1.82, 2.24) is 20.1 Å². The van der Waals surface area contributed by atoms with Crippen LogP contribution in [0, 0.1) is 23.2 Å². The molecule has 1 amide bonds. The van der Waals surface area contributed by atoms with Crippen LogP contribution in [0.25, 0.3) is 0 Å². The van der Waals surface area contributed by atoms with E-state index in [0.29, 0.717) is 33.5 Å². The van der Waals surface area contributed by atoms with Crippen molar-refractivity contribution in [3.8, 4) is 0 Å². The number of nitrogens with zero attached hydrogens (tertiary/aromatic N) is 3. The standard InChI is InChI=1S/C23H30BrN5O2/c1-13-17-9-16(23(17,3)4)10-18(13)28-19-11-26-29(22(31)21(19)24)12-20(30)27-14(2)15-5-7-25-8-6-15/h5-8,11,13-14,16-18,28H,9-10,12H2,1-4H3,(H,27,30)/t13-,14-,16+,17-,18-/m1/s1. The lowest BCUT2D eigenvalue weighted by Crippen LogP contribution is -2.58. The van der Waals surface area contributed by atoms with Crippen molar-refractivity contribution >= 4 is 27.5 Å². The number of carbonyl (C=O) groups is 1. The van der Waals surface area contributed by atoms with Gasteiger partial charge >= 0.3 is 0 Å². The minimum Gasteiger partial charge on any atom is -0.380 e. The molecule has 0 aliphatic heterocycles. The average Bonchev–Trinajstić information content (AvgIpc) is 2.74. The number of halogens is 1. The summed E-state index contributed by atoms with van der Waals surface area (Å²) in [5.74, 6) is 1.70. The first-order valence-electron chi connectivity index (χ1n) is 10.9. The fourth-order valence-corrected chi connectivity index (χ4v) is 5.80. The number of pyridine rings is 1. The van der Waals surface area contributed by atoms with E-state index in [4.69, 9.17) is 0 Å². The third-order valence-electron chi connectivity index (χ3n) is 7.56. The molecule has 2 aromatic rings. The van der Waals surface area contributed by atoms with Crippen LogP contribution in [0.2, 0.25) is 0 Å². The highest BCUT2D eigenvalue weighted by molar-refractivity contribution is 9.10. The van der Waals surface area contributed by atoms with Gasteiger partial charge in [-0.2, -0.15) is 5.10 Å². The molecular weight excluding hydrogens is 458 g/mol. The van der Waals surface area contributed by atoms with E-state index in [1.54, 1.807) is 18.6 Å². The number of anilines is 1. The van der Waals surface area contributed by atoms with Crippen molar-refractivity contribution in [1.29, 1.82) is 0 Å². The fourth-order valence-electron chi connectivity index (χ4n) is 5.38. The van der Waals surface area contributed by atoms with Gasteiger partial charge in [0.2, 0.25) is 5.91 Å². The first kappa shape index (κ1) is 22.0. The summed E-state index contributed by atoms with van der Waals surface area (Å²) in [4.78, 5) is 29.2. The number of amides is 1. The van der Waals surface area contributed by atoms with Crippen molar-refractivity contribution in [2.75, 3.05) is 5.32 Å². The molecule has 5 rings (SSSR count). The van der Waals surface area contributed by atoms with Crippen LogP contribution in [-0.4, -0.2) is 26.7 Å². The van der Waals surface area contributed by atoms with E-state index in [0.717, 1.165) is 17.9 Å². The summed E-state index contributed by atoms with van der Waals surface area (Å²) >= 11 is 3.43. The molecule has 31 heavy (non-hydrogen) atoms. The van der Waals surface area contributed by atoms with Crippen molar-refractivity contribution in [3.05, 3.63) is 51.1 Å². The lowest BCUT2D eigenvalue weighted by molar-refractivity contribution is -0.122. The third-order valence-corrected chi connectivity index (χ3v) is 8.32. The molecular formula is C23H30BrN5O2. The lowest BCUT2D eigenvalue weighted by atomic mass is 9.45. The Bertz CT molecular complexity index is 1020. The number of rotatable bonds is 6. The van der Waals surface area contributed by atoms with Gasteiger partial charge < -0.3 is 10.6 Å². The lowest BCUT2D eigenvalue weighted by Gasteiger charge is -2.62. The van der Waals surface area contributed by atoms with Crippen molar-refractivity contribution < 1.29 is 4.79 Å². The molecule has 3 saturated carbocycles. The third kappa shape index (κ3) is 4.14. The number of fused-ring (bicyclic) bond motifs is 2. The Morgan fingerprint density at radius 1 is 1.32 bits per heavy atom. The number of carbonyl (C=O) groups excluding carboxylic acids is 1. The maximum absolute atomic E-state index is 12.8. The normalized spacial score (nSPS) is 27.1. The molecule has 0 saturated heterocycles. The number of nitrogens with one attached hydrogen (secondary N) is 2. The molecule has 7 nitrogen and oxygen atoms in total. The molecule has 0 radical (unpaired) electrons. The predicted molar refractivity (Wildman–Crippen MR) is 124 cm³/mol. The SMILES string of the molecule is C[C@@H]1[C@H]2C[C@@H](C[C@H]1Nc1cnn(CC(=O)N[C@H](C)c3ccncc3)c(=O)c1Br)C2(C)C. The topological polar surface area (TPSA) is 88.9 Å². The van der Waals surface area contributed by atoms with Gasteiger partial charge in [-0.05, 0) is 76.6 Å². The fraction of sp³-hybridized carbons (Fsp3) is 0.565. The molecule has 0 unspecified atom stereocenters. The first-order chi connectivity index (χ1) is 14.7. The van der Waals surface area contributed by atoms with Gasteiger partial charge in [0, 0.05) is 18.4 Å². The highest BCUT2D eigenvalue weighted by Crippen LogP contribution is 2.61. The van der Waals surface area contributed by atoms with Crippen LogP contribution in [0.1, 0.15) is 52.1 Å². The Kier molecular flexibility index (Phi) is 5.94. The van der Waals surface area contributed by atoms with Crippen LogP contribution < -0.4 is 16.2 Å². The van der Waals surface area contributed by atoms with Crippen LogP contribution >= 0.6 is 15.9 Å². The quantitative estimate of drug-likeness (QED) is 0.647. The Balaban J connectivity index is 1.41. The van der Waals surface area contributed by atoms with E-state index >= 15 is 0 Å². The monoisotopic (exact) mass is 487 g/mol. The summed E-state index contributed by atoms with van der Waals surface area (Å²) in [5, 5.41) is 10.7. The average molecular weight is 488 g/mol. The van der Waals surface area contributed by atoms with E-state index in [2.05, 4.69) is 57.4 Å². The van der Waals surface area contributed by atoms with Crippen molar-refractivity contribution in [2.45, 2.75) is 59.2 Å². The largest absolute Gasteiger partial charge is 0.380 e. The predicted octanol–water partition coefficient (Wildman–Crippen LogP) is 3.76. The van der Waals surface area contributed by atoms with Crippen LogP contribution in [0.3, 0.4) is 0 Å². The molecule has 2 aromatic heterocycles. The number of aromatic nitrogens is 3. The molecule has 3 aliphatic rings. The molecule has 5 atom stereocenters. The smallest absolute Gasteiger partial charge is 0.283 e. The molecule has 0 spiro atoms. The second kappa shape index (κ2) is 8.37. The summed E-state index contributed by atoms with van der Waals surface area (Å²) in [5.41, 5.74) is 1.75. The summed E-state index contributed by atoms with van der Waals surface area (Å²) in [6, 6.07) is 3.85. The summed E-state index contributed by atoms with van der Waals surface area (Å²) < 4.78 is 1.61. The molecule has 3 aliphatic carbocycles. The van der Waals surface area contributed by atoms with Gasteiger partial charge in [0.1, 0.15) is 11.0 Å². The molecule has 8 heteroatoms. The van der Waals surface area contributed by atoms with Gasteiger partial charge in [-0.25, -0.2) is 4.68 Å². The summed E-state index contributed by atoms with van der Waals surface area (Å²) in [6.45, 7) is 8.81. The Hall–Kier alpha value is -2.22. The zero-order valence-electron chi connectivity index (χ0n) is 18.4. The van der Waals surface area contributed by atoms with E-state index < -0.39 is 0 Å². The second-order valence-corrected chi connectivity index (χ2v) is 10.4. The van der Waals surface area contributed by atoms with Crippen LogP contribution in [-0.2, 0) is 11.3 Å². The highest BCUT2D eigenvalue weighted by Gasteiger charge is 2.56. The first-order valence-corrected chi connectivity index (χ1v) is 11.7. The van der Waals surface area contributed by atoms with Gasteiger partial charge in [0.25, 0.3) is 5.56 Å². The van der Waals surface area contributed by atoms with Crippen LogP contribution in [0.4, 0.5) is 5.69 Å². The summed E-state index contributed by atoms with van der Waals surface area (Å²) in [7, 11) is 0. The van der Waals surface area contributed by atoms with Crippen molar-refractivity contribution in [2.24, 2.45) is 23.2 Å². The molecule has 0 aromatic carbocycles. The van der Waals surface area contributed by atoms with Gasteiger partial charge in [-0.15, -0.1) is 0 Å². The molecule has 166 valence electrons. The van der Waals surface area contributed by atoms with Crippen LogP contribution in [0.5, 0.6) is 0 Å². The number of hydrogen-bond donors (Lipinski definition) is 2. The van der Waals surface area contributed by atoms with E-state index in [9.17, 15) is 9.59 Å². The van der Waals surface area contributed by atoms with Gasteiger partial charge in [-0.1, -0.05) is 20.8 Å². The second-order valence-electron chi connectivity index (χ2n) is 9.61. The zero-order chi connectivity index (χ0) is 22.3. The van der Waals surface area contributed by atoms with Crippen LogP contribution in [0.15, 0.2) is 40.0 Å².